The first-order chi connectivity index (χ1) is 10.8. The van der Waals surface area contributed by atoms with Crippen LogP contribution in [0.5, 0.6) is 0 Å². The number of methoxy groups -OCH3 is 1. The maximum absolute atomic E-state index is 11.1. The van der Waals surface area contributed by atoms with Gasteiger partial charge in [0.15, 0.2) is 0 Å². The number of hydrogen-bond acceptors (Lipinski definition) is 3. The van der Waals surface area contributed by atoms with E-state index in [1.807, 2.05) is 48.5 Å². The van der Waals surface area contributed by atoms with Crippen molar-refractivity contribution in [3.05, 3.63) is 78.6 Å². The summed E-state index contributed by atoms with van der Waals surface area (Å²) in [6, 6.07) is 20.4. The number of carbonyl (C=O) groups is 1. The summed E-state index contributed by atoms with van der Waals surface area (Å²) in [5.41, 5.74) is 1.11. The molecule has 0 N–H and O–H groups in total. The van der Waals surface area contributed by atoms with Gasteiger partial charge in [0.25, 0.3) is 0 Å². The molecule has 1 unspecified atom stereocenters. The van der Waals surface area contributed by atoms with Gasteiger partial charge in [-0.2, -0.15) is 0 Å². The van der Waals surface area contributed by atoms with E-state index in [1.54, 1.807) is 0 Å². The Morgan fingerprint density at radius 3 is 2.36 bits per heavy atom. The van der Waals surface area contributed by atoms with Crippen molar-refractivity contribution in [2.45, 2.75) is 11.4 Å². The standard InChI is InChI=1S/C18H18O3Se/c1-20-18(19)12-13-21-17(15-8-4-2-5-9-15)14-22-16-10-6-3-7-11-16/h2-13,17H,14H2,1H3/b13-12+. The fourth-order valence-electron chi connectivity index (χ4n) is 1.83. The van der Waals surface area contributed by atoms with Crippen molar-refractivity contribution in [3.8, 4) is 0 Å². The van der Waals surface area contributed by atoms with E-state index >= 15 is 0 Å². The first kappa shape index (κ1) is 16.3. The zero-order valence-corrected chi connectivity index (χ0v) is 14.1. The molecule has 0 bridgehead atoms. The Kier molecular flexibility index (Phi) is 6.75. The molecule has 2 aromatic rings. The van der Waals surface area contributed by atoms with Crippen LogP contribution in [-0.2, 0) is 14.3 Å². The van der Waals surface area contributed by atoms with Gasteiger partial charge in [-0.15, -0.1) is 0 Å². The Labute approximate surface area is 137 Å². The van der Waals surface area contributed by atoms with Gasteiger partial charge in [0.05, 0.1) is 0 Å². The van der Waals surface area contributed by atoms with E-state index in [4.69, 9.17) is 4.74 Å². The third-order valence-electron chi connectivity index (χ3n) is 2.96. The number of benzene rings is 2. The molecule has 0 amide bonds. The van der Waals surface area contributed by atoms with Gasteiger partial charge in [0, 0.05) is 0 Å². The Balaban J connectivity index is 2.02. The van der Waals surface area contributed by atoms with Crippen LogP contribution < -0.4 is 4.46 Å². The summed E-state index contributed by atoms with van der Waals surface area (Å²) in [6.45, 7) is 0. The van der Waals surface area contributed by atoms with E-state index < -0.39 is 5.97 Å². The Morgan fingerprint density at radius 2 is 1.73 bits per heavy atom. The van der Waals surface area contributed by atoms with Gasteiger partial charge in [-0.1, -0.05) is 0 Å². The molecule has 0 aliphatic heterocycles. The first-order valence-electron chi connectivity index (χ1n) is 6.92. The van der Waals surface area contributed by atoms with Gasteiger partial charge in [-0.25, -0.2) is 0 Å². The summed E-state index contributed by atoms with van der Waals surface area (Å²) in [4.78, 5) is 11.1. The minimum absolute atomic E-state index is 0.0673. The second kappa shape index (κ2) is 9.08. The topological polar surface area (TPSA) is 35.5 Å². The van der Waals surface area contributed by atoms with Gasteiger partial charge in [0.1, 0.15) is 0 Å². The molecule has 1 atom stereocenters. The Bertz CT molecular complexity index is 596. The average molecular weight is 361 g/mol. The van der Waals surface area contributed by atoms with Gasteiger partial charge in [0.2, 0.25) is 0 Å². The van der Waals surface area contributed by atoms with Crippen LogP contribution in [0.2, 0.25) is 5.32 Å². The summed E-state index contributed by atoms with van der Waals surface area (Å²) in [7, 11) is 1.35. The molecular weight excluding hydrogens is 343 g/mol. The summed E-state index contributed by atoms with van der Waals surface area (Å²) in [6.07, 6.45) is 2.65. The maximum atomic E-state index is 11.1. The molecule has 0 spiro atoms. The van der Waals surface area contributed by atoms with Crippen molar-refractivity contribution < 1.29 is 14.3 Å². The van der Waals surface area contributed by atoms with Gasteiger partial charge < -0.3 is 0 Å². The monoisotopic (exact) mass is 362 g/mol. The predicted octanol–water partition coefficient (Wildman–Crippen LogP) is 2.88. The number of ether oxygens (including phenoxy) is 2. The molecule has 114 valence electrons. The fourth-order valence-corrected chi connectivity index (χ4v) is 3.85. The molecule has 0 aromatic heterocycles. The SMILES string of the molecule is COC(=O)/C=C/OC(C[Se]c1ccccc1)c1ccccc1. The molecule has 2 aromatic carbocycles. The van der Waals surface area contributed by atoms with E-state index in [0.717, 1.165) is 10.9 Å². The summed E-state index contributed by atoms with van der Waals surface area (Å²) < 4.78 is 11.7. The molecular formula is C18H18O3Se. The molecule has 0 saturated heterocycles. The second-order valence-corrected chi connectivity index (χ2v) is 6.78. The third kappa shape index (κ3) is 5.40. The molecule has 0 heterocycles. The minimum atomic E-state index is -0.416. The van der Waals surface area contributed by atoms with Crippen LogP contribution in [0.1, 0.15) is 11.7 Å². The first-order valence-corrected chi connectivity index (χ1v) is 8.99. The van der Waals surface area contributed by atoms with Crippen LogP contribution in [0.25, 0.3) is 0 Å². The molecule has 22 heavy (non-hydrogen) atoms. The van der Waals surface area contributed by atoms with Crippen molar-refractivity contribution in [2.75, 3.05) is 7.11 Å². The average Bonchev–Trinajstić information content (AvgIpc) is 2.59. The predicted molar refractivity (Wildman–Crippen MR) is 88.1 cm³/mol. The van der Waals surface area contributed by atoms with Crippen molar-refractivity contribution in [1.82, 2.24) is 0 Å². The van der Waals surface area contributed by atoms with E-state index in [-0.39, 0.29) is 6.10 Å². The van der Waals surface area contributed by atoms with Crippen LogP contribution >= 0.6 is 0 Å². The number of rotatable bonds is 7. The van der Waals surface area contributed by atoms with E-state index in [2.05, 4.69) is 16.9 Å². The van der Waals surface area contributed by atoms with Crippen molar-refractivity contribution in [3.63, 3.8) is 0 Å². The molecule has 0 aliphatic carbocycles. The van der Waals surface area contributed by atoms with Crippen LogP contribution in [0, 0.1) is 0 Å². The van der Waals surface area contributed by atoms with Gasteiger partial charge in [-0.05, 0) is 0 Å². The van der Waals surface area contributed by atoms with Crippen LogP contribution in [-0.4, -0.2) is 28.0 Å². The van der Waals surface area contributed by atoms with Gasteiger partial charge in [-0.3, -0.25) is 0 Å². The van der Waals surface area contributed by atoms with Gasteiger partial charge >= 0.3 is 137 Å². The zero-order valence-electron chi connectivity index (χ0n) is 12.3. The van der Waals surface area contributed by atoms with E-state index in [1.165, 1.54) is 23.9 Å². The summed E-state index contributed by atoms with van der Waals surface area (Å²) >= 11 is 0.306. The number of carbonyl (C=O) groups excluding carboxylic acids is 1. The molecule has 0 saturated carbocycles. The Hall–Kier alpha value is -2.03. The number of esters is 1. The zero-order chi connectivity index (χ0) is 15.6. The molecule has 2 rings (SSSR count). The summed E-state index contributed by atoms with van der Waals surface area (Å²) in [5.74, 6) is -0.416. The van der Waals surface area contributed by atoms with Crippen LogP contribution in [0.3, 0.4) is 0 Å². The van der Waals surface area contributed by atoms with Crippen molar-refractivity contribution >= 4 is 25.4 Å². The third-order valence-corrected chi connectivity index (χ3v) is 5.22. The molecule has 3 nitrogen and oxygen atoms in total. The van der Waals surface area contributed by atoms with Crippen molar-refractivity contribution in [2.24, 2.45) is 0 Å². The molecule has 0 radical (unpaired) electrons. The molecule has 4 heteroatoms. The second-order valence-electron chi connectivity index (χ2n) is 4.49. The van der Waals surface area contributed by atoms with Crippen LogP contribution in [0.15, 0.2) is 73.0 Å². The molecule has 0 fully saturated rings. The van der Waals surface area contributed by atoms with E-state index in [0.29, 0.717) is 15.0 Å². The summed E-state index contributed by atoms with van der Waals surface area (Å²) in [5, 5.41) is 0.895. The Morgan fingerprint density at radius 1 is 1.09 bits per heavy atom. The normalized spacial score (nSPS) is 12.0. The molecule has 0 aliphatic rings. The van der Waals surface area contributed by atoms with Crippen LogP contribution in [0.4, 0.5) is 0 Å². The number of hydrogen-bond donors (Lipinski definition) is 0. The van der Waals surface area contributed by atoms with E-state index in [9.17, 15) is 4.79 Å². The quantitative estimate of drug-likeness (QED) is 0.329. The fraction of sp³-hybridized carbons (Fsp3) is 0.167. The van der Waals surface area contributed by atoms with Crippen molar-refractivity contribution in [1.29, 1.82) is 0 Å².